The zero-order valence-corrected chi connectivity index (χ0v) is 40.1. The molecule has 19 nitrogen and oxygen atoms in total. The Morgan fingerprint density at radius 2 is 0.761 bits per heavy atom. The van der Waals surface area contributed by atoms with Crippen molar-refractivity contribution in [1.29, 1.82) is 0 Å². The van der Waals surface area contributed by atoms with Crippen molar-refractivity contribution in [1.82, 2.24) is 25.3 Å². The van der Waals surface area contributed by atoms with Gasteiger partial charge >= 0.3 is 14.8 Å². The van der Waals surface area contributed by atoms with Gasteiger partial charge in [0.2, 0.25) is 0 Å². The molecular formula is C48H40N6O13S3Si. The lowest BCUT2D eigenvalue weighted by atomic mass is 10.0. The molecule has 0 saturated heterocycles. The van der Waals surface area contributed by atoms with Gasteiger partial charge < -0.3 is 35.0 Å². The van der Waals surface area contributed by atoms with Gasteiger partial charge in [-0.3, -0.25) is 13.7 Å². The Hall–Kier alpha value is -7.42. The molecule has 9 rings (SSSR count). The quantitative estimate of drug-likeness (QED) is 0.0322. The molecule has 0 saturated carbocycles. The molecule has 7 aromatic rings. The highest BCUT2D eigenvalue weighted by Gasteiger charge is 2.26. The van der Waals surface area contributed by atoms with Crippen LogP contribution in [0.5, 0.6) is 0 Å². The van der Waals surface area contributed by atoms with Crippen LogP contribution in [-0.2, 0) is 30.4 Å². The second-order valence-corrected chi connectivity index (χ2v) is 22.7. The van der Waals surface area contributed by atoms with Crippen LogP contribution >= 0.6 is 0 Å². The number of fused-ring (bicyclic) bond motifs is 8. The minimum Gasteiger partial charge on any atom is -0.390 e. The molecule has 2 aliphatic rings. The highest BCUT2D eigenvalue weighted by Crippen LogP contribution is 2.39. The van der Waals surface area contributed by atoms with E-state index in [4.69, 9.17) is 9.97 Å². The van der Waals surface area contributed by atoms with E-state index in [2.05, 4.69) is 20.6 Å². The average molecular weight is 1030 g/mol. The van der Waals surface area contributed by atoms with Gasteiger partial charge in [-0.1, -0.05) is 48.5 Å². The first-order valence-corrected chi connectivity index (χ1v) is 27.7. The molecule has 2 aliphatic heterocycles. The number of aromatic amines is 2. The first-order chi connectivity index (χ1) is 33.6. The number of H-pyrrole nitrogens is 2. The summed E-state index contributed by atoms with van der Waals surface area (Å²) in [6, 6.07) is 29.9. The number of urea groups is 1. The van der Waals surface area contributed by atoms with Crippen LogP contribution in [0.1, 0.15) is 29.2 Å². The molecule has 23 heteroatoms. The molecule has 3 aromatic heterocycles. The summed E-state index contributed by atoms with van der Waals surface area (Å²) in [5, 5.41) is 5.34. The number of anilines is 1. The van der Waals surface area contributed by atoms with Crippen LogP contribution in [0.3, 0.4) is 0 Å². The Morgan fingerprint density at radius 1 is 0.465 bits per heavy atom. The van der Waals surface area contributed by atoms with Crippen LogP contribution in [0.2, 0.25) is 6.04 Å². The molecule has 5 heterocycles. The first-order valence-electron chi connectivity index (χ1n) is 21.3. The summed E-state index contributed by atoms with van der Waals surface area (Å²) in [5.74, 6) is 0. The van der Waals surface area contributed by atoms with Gasteiger partial charge in [0, 0.05) is 62.6 Å². The number of rotatable bonds is 12. The number of carbonyl (C=O) groups excluding carboxylic acids is 1. The predicted octanol–water partition coefficient (Wildman–Crippen LogP) is 7.49. The Bertz CT molecular complexity index is 3780. The summed E-state index contributed by atoms with van der Waals surface area (Å²) in [4.78, 5) is 56.8. The molecule has 71 heavy (non-hydrogen) atoms. The highest BCUT2D eigenvalue weighted by atomic mass is 32.2. The van der Waals surface area contributed by atoms with Gasteiger partial charge in [0.25, 0.3) is 30.4 Å². The molecule has 10 N–H and O–H groups in total. The standard InChI is InChI=1S/C48H40N6O13S3Si/c55-48(49-26-1-27-71(65,66)67)50-32-10-2-28(3-11-32)44-36-18-20-38(51-36)45(29-4-12-33(13-5-29)68(56,57)58)40-22-24-42(53-40)47(31-8-16-35(17-9-31)70(62,63)64)43-25-23-41(54-43)46(39-21-19-37(44)52-39)30-6-14-34(15-7-30)69(59,60)61/h2-25,51,54,65-67H,1,26-27H2,(H2,49,50,55)(H,56,57,58)(H,59,60,61)(H,62,63,64). The van der Waals surface area contributed by atoms with Gasteiger partial charge in [-0.05, 0) is 126 Å². The van der Waals surface area contributed by atoms with E-state index >= 15 is 0 Å². The van der Waals surface area contributed by atoms with Crippen LogP contribution < -0.4 is 10.6 Å². The van der Waals surface area contributed by atoms with Gasteiger partial charge in [0.1, 0.15) is 0 Å². The topological polar surface area (TPSA) is 322 Å². The summed E-state index contributed by atoms with van der Waals surface area (Å²) in [5.41, 5.74) is 8.46. The third-order valence-corrected chi connectivity index (χ3v) is 15.1. The number of carbonyl (C=O) groups is 1. The second-order valence-electron chi connectivity index (χ2n) is 16.3. The fourth-order valence-corrected chi connectivity index (χ4v) is 10.3. The summed E-state index contributed by atoms with van der Waals surface area (Å²) in [6.07, 6.45) is 7.21. The monoisotopic (exact) mass is 1030 g/mol. The lowest BCUT2D eigenvalue weighted by Gasteiger charge is -2.11. The van der Waals surface area contributed by atoms with E-state index < -0.39 is 45.2 Å². The van der Waals surface area contributed by atoms with E-state index in [1.807, 2.05) is 6.07 Å². The fourth-order valence-electron chi connectivity index (χ4n) is 8.22. The van der Waals surface area contributed by atoms with Crippen molar-refractivity contribution in [2.75, 3.05) is 11.9 Å². The number of benzene rings is 4. The van der Waals surface area contributed by atoms with E-state index in [0.29, 0.717) is 95.0 Å². The van der Waals surface area contributed by atoms with Crippen molar-refractivity contribution in [2.45, 2.75) is 27.2 Å². The average Bonchev–Trinajstić information content (AvgIpc) is 4.16. The summed E-state index contributed by atoms with van der Waals surface area (Å²) in [7, 11) is -17.9. The Morgan fingerprint density at radius 3 is 1.04 bits per heavy atom. The molecule has 362 valence electrons. The van der Waals surface area contributed by atoms with E-state index in [1.165, 1.54) is 72.8 Å². The Labute approximate surface area is 406 Å². The Balaban J connectivity index is 1.31. The third-order valence-electron chi connectivity index (χ3n) is 11.5. The molecular weight excluding hydrogens is 993 g/mol. The smallest absolute Gasteiger partial charge is 0.390 e. The molecule has 2 amide bonds. The Kier molecular flexibility index (Phi) is 12.8. The molecule has 0 atom stereocenters. The number of hydrogen-bond donors (Lipinski definition) is 10. The molecule has 0 aliphatic carbocycles. The van der Waals surface area contributed by atoms with E-state index in [1.54, 1.807) is 66.8 Å². The number of nitrogens with one attached hydrogen (secondary N) is 4. The normalized spacial score (nSPS) is 12.8. The van der Waals surface area contributed by atoms with Crippen LogP contribution in [0.25, 0.3) is 90.9 Å². The summed E-state index contributed by atoms with van der Waals surface area (Å²) >= 11 is 0. The second kappa shape index (κ2) is 18.7. The molecule has 0 spiro atoms. The van der Waals surface area contributed by atoms with Crippen molar-refractivity contribution in [3.8, 4) is 44.5 Å². The van der Waals surface area contributed by atoms with Crippen molar-refractivity contribution >= 4 is 97.2 Å². The zero-order valence-electron chi connectivity index (χ0n) is 36.6. The molecule has 0 unspecified atom stereocenters. The maximum absolute atomic E-state index is 12.7. The fraction of sp³-hybridized carbons (Fsp3) is 0.0625. The maximum Gasteiger partial charge on any atom is 0.492 e. The van der Waals surface area contributed by atoms with Gasteiger partial charge in [-0.25, -0.2) is 14.8 Å². The van der Waals surface area contributed by atoms with Crippen LogP contribution in [0.4, 0.5) is 10.5 Å². The van der Waals surface area contributed by atoms with E-state index in [9.17, 15) is 58.1 Å². The van der Waals surface area contributed by atoms with Crippen LogP contribution in [-0.4, -0.2) is 94.6 Å². The SMILES string of the molecule is O=C(NCCC[Si](O)(O)O)Nc1ccc(-c2c3nc(c(-c4ccc(S(=O)(=O)O)cc4)c4ccc([nH]4)c(-c4ccc(S(=O)(=O)O)cc4)c4nc(c(-c5ccc(S(=O)(=O)O)cc5)c5ccc2[nH]5)C=C4)C=C3)cc1. The third kappa shape index (κ3) is 10.7. The summed E-state index contributed by atoms with van der Waals surface area (Å²) < 4.78 is 102. The number of hydrogen-bond acceptors (Lipinski definition) is 12. The van der Waals surface area contributed by atoms with E-state index in [-0.39, 0.29) is 33.7 Å². The van der Waals surface area contributed by atoms with Crippen molar-refractivity contribution in [3.05, 3.63) is 144 Å². The van der Waals surface area contributed by atoms with Crippen molar-refractivity contribution in [2.24, 2.45) is 0 Å². The first kappa shape index (κ1) is 48.6. The van der Waals surface area contributed by atoms with Crippen LogP contribution in [0.15, 0.2) is 136 Å². The predicted molar refractivity (Wildman–Crippen MR) is 269 cm³/mol. The van der Waals surface area contributed by atoms with Crippen molar-refractivity contribution < 1.29 is 58.1 Å². The molecule has 0 radical (unpaired) electrons. The van der Waals surface area contributed by atoms with Crippen LogP contribution in [0, 0.1) is 0 Å². The number of aromatic nitrogens is 4. The lowest BCUT2D eigenvalue weighted by molar-refractivity contribution is 0.225. The zero-order chi connectivity index (χ0) is 50.5. The maximum atomic E-state index is 12.7. The molecule has 0 fully saturated rings. The molecule has 8 bridgehead atoms. The molecule has 4 aromatic carbocycles. The lowest BCUT2D eigenvalue weighted by Crippen LogP contribution is -2.36. The minimum atomic E-state index is -4.55. The largest absolute Gasteiger partial charge is 0.492 e. The number of amides is 2. The van der Waals surface area contributed by atoms with Gasteiger partial charge in [0.05, 0.1) is 37.5 Å². The van der Waals surface area contributed by atoms with Crippen molar-refractivity contribution in [3.63, 3.8) is 0 Å². The van der Waals surface area contributed by atoms with Gasteiger partial charge in [-0.15, -0.1) is 0 Å². The minimum absolute atomic E-state index is 0.0734. The van der Waals surface area contributed by atoms with Gasteiger partial charge in [0.15, 0.2) is 0 Å². The number of nitrogens with zero attached hydrogens (tertiary/aromatic N) is 2. The van der Waals surface area contributed by atoms with Gasteiger partial charge in [-0.2, -0.15) is 25.3 Å². The highest BCUT2D eigenvalue weighted by molar-refractivity contribution is 7.86. The summed E-state index contributed by atoms with van der Waals surface area (Å²) in [6.45, 7) is 0.0734. The van der Waals surface area contributed by atoms with E-state index in [0.717, 1.165) is 0 Å².